The molecule has 0 saturated heterocycles. The van der Waals surface area contributed by atoms with Gasteiger partial charge in [-0.3, -0.25) is 4.79 Å². The number of carboxylic acids is 1. The number of ether oxygens (including phenoxy) is 1. The van der Waals surface area contributed by atoms with Gasteiger partial charge in [0.2, 0.25) is 5.91 Å². The lowest BCUT2D eigenvalue weighted by Gasteiger charge is -2.27. The van der Waals surface area contributed by atoms with Crippen molar-refractivity contribution in [2.75, 3.05) is 0 Å². The zero-order valence-electron chi connectivity index (χ0n) is 19.1. The fraction of sp³-hybridized carbons (Fsp3) is 0.407. The number of benzene rings is 2. The summed E-state index contributed by atoms with van der Waals surface area (Å²) in [4.78, 5) is 24.5. The molecule has 1 saturated carbocycles. The van der Waals surface area contributed by atoms with Crippen molar-refractivity contribution < 1.29 is 19.4 Å². The summed E-state index contributed by atoms with van der Waals surface area (Å²) in [7, 11) is 0. The van der Waals surface area contributed by atoms with E-state index in [1.807, 2.05) is 24.3 Å². The molecule has 2 N–H and O–H groups in total. The van der Waals surface area contributed by atoms with E-state index in [1.165, 1.54) is 31.8 Å². The lowest BCUT2D eigenvalue weighted by atomic mass is 9.79. The van der Waals surface area contributed by atoms with Gasteiger partial charge in [-0.05, 0) is 83.4 Å². The van der Waals surface area contributed by atoms with Crippen molar-refractivity contribution in [3.05, 3.63) is 64.3 Å². The molecule has 0 bridgehead atoms. The average molecular weight is 514 g/mol. The molecule has 0 unspecified atom stereocenters. The van der Waals surface area contributed by atoms with Crippen LogP contribution in [0.4, 0.5) is 0 Å². The van der Waals surface area contributed by atoms with E-state index in [2.05, 4.69) is 28.2 Å². The number of para-hydroxylation sites is 1. The summed E-state index contributed by atoms with van der Waals surface area (Å²) in [5, 5.41) is 12.3. The Hall–Kier alpha value is -2.60. The third-order valence-electron chi connectivity index (χ3n) is 6.18. The van der Waals surface area contributed by atoms with Crippen LogP contribution < -0.4 is 10.1 Å². The molecule has 0 aromatic heterocycles. The Bertz CT molecular complexity index is 962. The number of unbranched alkanes of at least 4 members (excludes halogenated alkanes) is 2. The normalized spacial score (nSPS) is 18.5. The summed E-state index contributed by atoms with van der Waals surface area (Å²) in [6, 6.07) is 14.6. The van der Waals surface area contributed by atoms with E-state index < -0.39 is 5.97 Å². The number of amides is 1. The van der Waals surface area contributed by atoms with Crippen molar-refractivity contribution >= 4 is 33.9 Å². The second-order valence-electron chi connectivity index (χ2n) is 8.67. The zero-order valence-corrected chi connectivity index (χ0v) is 20.6. The van der Waals surface area contributed by atoms with Crippen LogP contribution in [0.3, 0.4) is 0 Å². The van der Waals surface area contributed by atoms with Crippen molar-refractivity contribution in [2.45, 2.75) is 58.3 Å². The van der Waals surface area contributed by atoms with E-state index in [4.69, 9.17) is 4.74 Å². The maximum absolute atomic E-state index is 12.7. The third-order valence-corrected chi connectivity index (χ3v) is 6.83. The Kier molecular flexibility index (Phi) is 9.55. The largest absolute Gasteiger partial charge is 0.477 e. The van der Waals surface area contributed by atoms with Crippen LogP contribution >= 0.6 is 15.9 Å². The molecule has 1 amide bonds. The van der Waals surface area contributed by atoms with E-state index >= 15 is 0 Å². The molecule has 1 aliphatic carbocycles. The molecule has 2 aromatic rings. The molecule has 33 heavy (non-hydrogen) atoms. The van der Waals surface area contributed by atoms with E-state index in [1.54, 1.807) is 24.3 Å². The summed E-state index contributed by atoms with van der Waals surface area (Å²) < 4.78 is 6.69. The molecule has 0 radical (unpaired) electrons. The first kappa shape index (κ1) is 25.0. The third kappa shape index (κ3) is 7.74. The van der Waals surface area contributed by atoms with E-state index in [0.717, 1.165) is 30.2 Å². The smallest absolute Gasteiger partial charge is 0.352 e. The van der Waals surface area contributed by atoms with Gasteiger partial charge in [-0.15, -0.1) is 0 Å². The minimum Gasteiger partial charge on any atom is -0.477 e. The van der Waals surface area contributed by atoms with Crippen LogP contribution in [0.5, 0.6) is 11.5 Å². The number of nitrogens with one attached hydrogen (secondary N) is 1. The molecule has 3 rings (SSSR count). The van der Waals surface area contributed by atoms with E-state index in [0.29, 0.717) is 23.0 Å². The molecular weight excluding hydrogens is 482 g/mol. The Morgan fingerprint density at radius 3 is 2.39 bits per heavy atom. The predicted molar refractivity (Wildman–Crippen MR) is 134 cm³/mol. The molecule has 0 spiro atoms. The van der Waals surface area contributed by atoms with Crippen molar-refractivity contribution in [3.8, 4) is 11.5 Å². The molecular formula is C27H32BrNO4. The van der Waals surface area contributed by atoms with Gasteiger partial charge in [0.15, 0.2) is 0 Å². The van der Waals surface area contributed by atoms with Gasteiger partial charge in [0, 0.05) is 5.92 Å². The lowest BCUT2D eigenvalue weighted by Crippen LogP contribution is -2.34. The fourth-order valence-electron chi connectivity index (χ4n) is 4.24. The van der Waals surface area contributed by atoms with Crippen LogP contribution in [0.25, 0.3) is 6.08 Å². The SMILES string of the molecule is CCCCCC1CCC(C(=O)NC(=Cc2ccc(Oc3ccccc3Br)cc2)C(=O)O)CC1. The summed E-state index contributed by atoms with van der Waals surface area (Å²) >= 11 is 3.45. The molecule has 176 valence electrons. The quantitative estimate of drug-likeness (QED) is 0.260. The summed E-state index contributed by atoms with van der Waals surface area (Å²) in [6.07, 6.45) is 10.2. The topological polar surface area (TPSA) is 75.6 Å². The highest BCUT2D eigenvalue weighted by Crippen LogP contribution is 2.32. The van der Waals surface area contributed by atoms with Gasteiger partial charge < -0.3 is 15.2 Å². The van der Waals surface area contributed by atoms with Crippen LogP contribution in [0.1, 0.15) is 63.9 Å². The van der Waals surface area contributed by atoms with Gasteiger partial charge >= 0.3 is 5.97 Å². The van der Waals surface area contributed by atoms with Crippen LogP contribution in [0, 0.1) is 11.8 Å². The second-order valence-corrected chi connectivity index (χ2v) is 9.52. The highest BCUT2D eigenvalue weighted by atomic mass is 79.9. The van der Waals surface area contributed by atoms with Crippen LogP contribution in [-0.4, -0.2) is 17.0 Å². The van der Waals surface area contributed by atoms with Crippen molar-refractivity contribution in [1.82, 2.24) is 5.32 Å². The monoisotopic (exact) mass is 513 g/mol. The van der Waals surface area contributed by atoms with Crippen LogP contribution in [0.15, 0.2) is 58.7 Å². The Balaban J connectivity index is 1.57. The van der Waals surface area contributed by atoms with Gasteiger partial charge in [0.1, 0.15) is 17.2 Å². The molecule has 0 heterocycles. The molecule has 6 heteroatoms. The van der Waals surface area contributed by atoms with Gasteiger partial charge in [-0.1, -0.05) is 56.9 Å². The first-order valence-corrected chi connectivity index (χ1v) is 12.5. The van der Waals surface area contributed by atoms with Crippen molar-refractivity contribution in [1.29, 1.82) is 0 Å². The zero-order chi connectivity index (χ0) is 23.6. The van der Waals surface area contributed by atoms with E-state index in [-0.39, 0.29) is 17.5 Å². The molecule has 2 aromatic carbocycles. The molecule has 1 aliphatic rings. The van der Waals surface area contributed by atoms with Gasteiger partial charge in [0.05, 0.1) is 4.47 Å². The molecule has 5 nitrogen and oxygen atoms in total. The standard InChI is InChI=1S/C27H32BrNO4/c1-2-3-4-7-19-10-14-21(15-11-19)26(30)29-24(27(31)32)18-20-12-16-22(17-13-20)33-25-9-6-5-8-23(25)28/h5-6,8-9,12-13,16-19,21H,2-4,7,10-11,14-15H2,1H3,(H,29,30)(H,31,32). The summed E-state index contributed by atoms with van der Waals surface area (Å²) in [5.74, 6) is 0.576. The number of hydrogen-bond donors (Lipinski definition) is 2. The maximum Gasteiger partial charge on any atom is 0.352 e. The summed E-state index contributed by atoms with van der Waals surface area (Å²) in [6.45, 7) is 2.21. The molecule has 0 atom stereocenters. The number of hydrogen-bond acceptors (Lipinski definition) is 3. The number of halogens is 1. The Morgan fingerprint density at radius 2 is 1.76 bits per heavy atom. The van der Waals surface area contributed by atoms with E-state index in [9.17, 15) is 14.7 Å². The van der Waals surface area contributed by atoms with Crippen molar-refractivity contribution in [3.63, 3.8) is 0 Å². The van der Waals surface area contributed by atoms with Gasteiger partial charge in [-0.25, -0.2) is 4.79 Å². The number of rotatable bonds is 10. The minimum absolute atomic E-state index is 0.107. The van der Waals surface area contributed by atoms with Crippen LogP contribution in [0.2, 0.25) is 0 Å². The Labute approximate surface area is 204 Å². The Morgan fingerprint density at radius 1 is 1.06 bits per heavy atom. The van der Waals surface area contributed by atoms with Gasteiger partial charge in [0.25, 0.3) is 0 Å². The highest BCUT2D eigenvalue weighted by molar-refractivity contribution is 9.10. The maximum atomic E-state index is 12.7. The first-order chi connectivity index (χ1) is 16.0. The highest BCUT2D eigenvalue weighted by Gasteiger charge is 2.27. The first-order valence-electron chi connectivity index (χ1n) is 11.7. The fourth-order valence-corrected chi connectivity index (χ4v) is 4.60. The minimum atomic E-state index is -1.15. The van der Waals surface area contributed by atoms with Crippen LogP contribution in [-0.2, 0) is 9.59 Å². The average Bonchev–Trinajstić information content (AvgIpc) is 2.82. The summed E-state index contributed by atoms with van der Waals surface area (Å²) in [5.41, 5.74) is 0.566. The number of aliphatic carboxylic acids is 1. The van der Waals surface area contributed by atoms with Gasteiger partial charge in [-0.2, -0.15) is 0 Å². The number of carbonyl (C=O) groups excluding carboxylic acids is 1. The number of carboxylic acid groups (broad SMARTS) is 1. The van der Waals surface area contributed by atoms with Crippen molar-refractivity contribution in [2.24, 2.45) is 11.8 Å². The predicted octanol–water partition coefficient (Wildman–Crippen LogP) is 7.17. The molecule has 0 aliphatic heterocycles. The second kappa shape index (κ2) is 12.6. The molecule has 1 fully saturated rings. The lowest BCUT2D eigenvalue weighted by molar-refractivity contribution is -0.135. The number of carbonyl (C=O) groups is 2.